The number of hydrogen-bond donors (Lipinski definition) is 1. The zero-order chi connectivity index (χ0) is 20.5. The summed E-state index contributed by atoms with van der Waals surface area (Å²) >= 11 is 1.59. The minimum absolute atomic E-state index is 0.122. The molecule has 4 heterocycles. The lowest BCUT2D eigenvalue weighted by Crippen LogP contribution is -2.33. The van der Waals surface area contributed by atoms with Crippen molar-refractivity contribution in [1.82, 2.24) is 24.6 Å². The van der Waals surface area contributed by atoms with Gasteiger partial charge in [0.05, 0.1) is 17.4 Å². The number of likely N-dealkylation sites (tertiary alicyclic amines) is 1. The molecule has 1 N–H and O–H groups in total. The maximum absolute atomic E-state index is 13.0. The Morgan fingerprint density at radius 1 is 1.21 bits per heavy atom. The van der Waals surface area contributed by atoms with E-state index in [4.69, 9.17) is 4.98 Å². The van der Waals surface area contributed by atoms with Crippen LogP contribution in [0.2, 0.25) is 0 Å². The number of carbonyl (C=O) groups is 1. The van der Waals surface area contributed by atoms with Gasteiger partial charge in [-0.1, -0.05) is 6.07 Å². The highest BCUT2D eigenvalue weighted by molar-refractivity contribution is 7.15. The van der Waals surface area contributed by atoms with Crippen molar-refractivity contribution in [2.24, 2.45) is 7.05 Å². The SMILES string of the molecule is Cc1nc(Nc2cccc([C@@H]3CCCN3C(=O)c3ccc(=O)n(C)n3)n2)sc1C. The molecule has 0 aliphatic carbocycles. The Kier molecular flexibility index (Phi) is 5.14. The lowest BCUT2D eigenvalue weighted by atomic mass is 10.1. The Bertz CT molecular complexity index is 1100. The molecule has 9 heteroatoms. The van der Waals surface area contributed by atoms with Gasteiger partial charge < -0.3 is 10.2 Å². The number of nitrogens with one attached hydrogen (secondary N) is 1. The molecule has 150 valence electrons. The summed E-state index contributed by atoms with van der Waals surface area (Å²) in [5, 5.41) is 8.17. The molecule has 3 aromatic heterocycles. The first-order valence-corrected chi connectivity index (χ1v) is 10.3. The standard InChI is InChI=1S/C20H22N6O2S/c1-12-13(2)29-20(21-12)23-17-8-4-6-14(22-17)16-7-5-11-26(16)19(28)15-9-10-18(27)25(3)24-15/h4,6,8-10,16H,5,7,11H2,1-3H3,(H,21,22,23)/t16-/m0/s1. The van der Waals surface area contributed by atoms with Crippen molar-refractivity contribution < 1.29 is 4.79 Å². The van der Waals surface area contributed by atoms with Gasteiger partial charge in [-0.2, -0.15) is 5.10 Å². The van der Waals surface area contributed by atoms with Gasteiger partial charge in [0.1, 0.15) is 11.5 Å². The van der Waals surface area contributed by atoms with Crippen molar-refractivity contribution in [3.8, 4) is 0 Å². The van der Waals surface area contributed by atoms with Gasteiger partial charge in [0, 0.05) is 24.5 Å². The van der Waals surface area contributed by atoms with Gasteiger partial charge in [-0.3, -0.25) is 9.59 Å². The van der Waals surface area contributed by atoms with Crippen LogP contribution in [0.4, 0.5) is 10.9 Å². The number of aromatic nitrogens is 4. The first-order valence-electron chi connectivity index (χ1n) is 9.46. The van der Waals surface area contributed by atoms with E-state index in [0.717, 1.165) is 29.4 Å². The van der Waals surface area contributed by atoms with E-state index in [1.807, 2.05) is 32.0 Å². The van der Waals surface area contributed by atoms with Crippen LogP contribution in [-0.2, 0) is 7.05 Å². The van der Waals surface area contributed by atoms with E-state index in [2.05, 4.69) is 15.4 Å². The van der Waals surface area contributed by atoms with Crippen LogP contribution in [0.3, 0.4) is 0 Å². The fourth-order valence-electron chi connectivity index (χ4n) is 3.42. The second-order valence-corrected chi connectivity index (χ2v) is 8.27. The summed E-state index contributed by atoms with van der Waals surface area (Å²) in [6, 6.07) is 8.50. The first-order chi connectivity index (χ1) is 13.9. The topological polar surface area (TPSA) is 93.0 Å². The van der Waals surface area contributed by atoms with Crippen LogP contribution in [-0.4, -0.2) is 37.1 Å². The molecular weight excluding hydrogens is 388 g/mol. The number of amides is 1. The van der Waals surface area contributed by atoms with Crippen LogP contribution in [0.15, 0.2) is 35.1 Å². The second-order valence-electron chi connectivity index (χ2n) is 7.07. The smallest absolute Gasteiger partial charge is 0.274 e. The quantitative estimate of drug-likeness (QED) is 0.711. The van der Waals surface area contributed by atoms with Crippen molar-refractivity contribution in [1.29, 1.82) is 0 Å². The largest absolute Gasteiger partial charge is 0.329 e. The highest BCUT2D eigenvalue weighted by atomic mass is 32.1. The van der Waals surface area contributed by atoms with Crippen LogP contribution in [0.25, 0.3) is 0 Å². The molecule has 1 saturated heterocycles. The lowest BCUT2D eigenvalue weighted by molar-refractivity contribution is 0.0724. The molecule has 0 unspecified atom stereocenters. The summed E-state index contributed by atoms with van der Waals surface area (Å²) in [5.41, 5.74) is 1.86. The van der Waals surface area contributed by atoms with Crippen molar-refractivity contribution in [2.45, 2.75) is 32.7 Å². The number of pyridine rings is 1. The Hall–Kier alpha value is -3.07. The predicted octanol–water partition coefficient (Wildman–Crippen LogP) is 2.97. The fraction of sp³-hybridized carbons (Fsp3) is 0.350. The van der Waals surface area contributed by atoms with Crippen LogP contribution in [0, 0.1) is 13.8 Å². The lowest BCUT2D eigenvalue weighted by Gasteiger charge is -2.24. The molecule has 0 saturated carbocycles. The number of hydrogen-bond acceptors (Lipinski definition) is 7. The van der Waals surface area contributed by atoms with Crippen LogP contribution in [0.1, 0.15) is 45.6 Å². The van der Waals surface area contributed by atoms with E-state index in [0.29, 0.717) is 12.4 Å². The Morgan fingerprint density at radius 2 is 2.03 bits per heavy atom. The van der Waals surface area contributed by atoms with Crippen molar-refractivity contribution in [3.63, 3.8) is 0 Å². The summed E-state index contributed by atoms with van der Waals surface area (Å²) < 4.78 is 1.18. The van der Waals surface area contributed by atoms with E-state index >= 15 is 0 Å². The Labute approximate surface area is 172 Å². The van der Waals surface area contributed by atoms with Crippen LogP contribution < -0.4 is 10.9 Å². The van der Waals surface area contributed by atoms with Gasteiger partial charge in [0.25, 0.3) is 11.5 Å². The monoisotopic (exact) mass is 410 g/mol. The third kappa shape index (κ3) is 3.91. The van der Waals surface area contributed by atoms with Gasteiger partial charge in [-0.15, -0.1) is 11.3 Å². The maximum atomic E-state index is 13.0. The number of carbonyl (C=O) groups excluding carboxylic acids is 1. The summed E-state index contributed by atoms with van der Waals surface area (Å²) in [5.74, 6) is 0.519. The number of aryl methyl sites for hydroxylation is 3. The number of nitrogens with zero attached hydrogens (tertiary/aromatic N) is 5. The number of thiazole rings is 1. The van der Waals surface area contributed by atoms with Gasteiger partial charge in [0.15, 0.2) is 5.13 Å². The maximum Gasteiger partial charge on any atom is 0.274 e. The molecule has 1 fully saturated rings. The van der Waals surface area contributed by atoms with E-state index in [1.54, 1.807) is 23.3 Å². The van der Waals surface area contributed by atoms with E-state index in [-0.39, 0.29) is 23.2 Å². The Morgan fingerprint density at radius 3 is 2.76 bits per heavy atom. The number of anilines is 2. The zero-order valence-electron chi connectivity index (χ0n) is 16.5. The molecule has 29 heavy (non-hydrogen) atoms. The summed E-state index contributed by atoms with van der Waals surface area (Å²) in [4.78, 5) is 36.8. The molecule has 1 atom stereocenters. The van der Waals surface area contributed by atoms with Gasteiger partial charge in [-0.25, -0.2) is 14.6 Å². The van der Waals surface area contributed by atoms with E-state index in [9.17, 15) is 9.59 Å². The van der Waals surface area contributed by atoms with Crippen molar-refractivity contribution >= 4 is 28.2 Å². The molecule has 1 aliphatic rings. The molecule has 0 bridgehead atoms. The summed E-state index contributed by atoms with van der Waals surface area (Å²) in [6.45, 7) is 4.66. The van der Waals surface area contributed by atoms with E-state index in [1.165, 1.54) is 21.7 Å². The Balaban J connectivity index is 1.57. The van der Waals surface area contributed by atoms with Gasteiger partial charge in [0.2, 0.25) is 0 Å². The third-order valence-electron chi connectivity index (χ3n) is 5.07. The minimum Gasteiger partial charge on any atom is -0.329 e. The highest BCUT2D eigenvalue weighted by Gasteiger charge is 2.32. The molecule has 1 aliphatic heterocycles. The molecule has 8 nitrogen and oxygen atoms in total. The van der Waals surface area contributed by atoms with E-state index < -0.39 is 0 Å². The molecule has 4 rings (SSSR count). The fourth-order valence-corrected chi connectivity index (χ4v) is 4.24. The molecule has 3 aromatic rings. The average Bonchev–Trinajstić information content (AvgIpc) is 3.30. The third-order valence-corrected chi connectivity index (χ3v) is 6.06. The number of rotatable bonds is 4. The highest BCUT2D eigenvalue weighted by Crippen LogP contribution is 2.33. The van der Waals surface area contributed by atoms with Gasteiger partial charge >= 0.3 is 0 Å². The zero-order valence-corrected chi connectivity index (χ0v) is 17.4. The van der Waals surface area contributed by atoms with Crippen LogP contribution >= 0.6 is 11.3 Å². The predicted molar refractivity (Wildman–Crippen MR) is 112 cm³/mol. The summed E-state index contributed by atoms with van der Waals surface area (Å²) in [7, 11) is 1.54. The van der Waals surface area contributed by atoms with Gasteiger partial charge in [-0.05, 0) is 44.9 Å². The summed E-state index contributed by atoms with van der Waals surface area (Å²) in [6.07, 6.45) is 1.73. The van der Waals surface area contributed by atoms with Crippen molar-refractivity contribution in [2.75, 3.05) is 11.9 Å². The molecular formula is C20H22N6O2S. The van der Waals surface area contributed by atoms with Crippen molar-refractivity contribution in [3.05, 3.63) is 62.6 Å². The first kappa shape index (κ1) is 19.3. The molecule has 0 spiro atoms. The molecule has 0 aromatic carbocycles. The molecule has 0 radical (unpaired) electrons. The normalized spacial score (nSPS) is 16.2. The van der Waals surface area contributed by atoms with Crippen LogP contribution in [0.5, 0.6) is 0 Å². The minimum atomic E-state index is -0.243. The second kappa shape index (κ2) is 7.75. The average molecular weight is 411 g/mol. The molecule has 1 amide bonds.